The number of halogens is 2. The third-order valence-electron chi connectivity index (χ3n) is 3.20. The zero-order valence-electron chi connectivity index (χ0n) is 9.31. The summed E-state index contributed by atoms with van der Waals surface area (Å²) >= 11 is 0. The SMILES string of the molecule is Fc1ccc(CCNC2CCCC2)c(F)c1. The summed E-state index contributed by atoms with van der Waals surface area (Å²) in [7, 11) is 0. The van der Waals surface area contributed by atoms with Crippen LogP contribution in [0.5, 0.6) is 0 Å². The average Bonchev–Trinajstić information content (AvgIpc) is 2.74. The molecule has 0 aliphatic heterocycles. The van der Waals surface area contributed by atoms with Gasteiger partial charge in [-0.05, 0) is 37.4 Å². The van der Waals surface area contributed by atoms with Gasteiger partial charge in [-0.2, -0.15) is 0 Å². The number of hydrogen-bond donors (Lipinski definition) is 1. The Morgan fingerprint density at radius 3 is 2.62 bits per heavy atom. The van der Waals surface area contributed by atoms with Crippen LogP contribution in [-0.4, -0.2) is 12.6 Å². The molecule has 0 aromatic heterocycles. The van der Waals surface area contributed by atoms with Crippen molar-refractivity contribution in [2.24, 2.45) is 0 Å². The van der Waals surface area contributed by atoms with Gasteiger partial charge in [0, 0.05) is 12.1 Å². The number of nitrogens with one attached hydrogen (secondary N) is 1. The first-order chi connectivity index (χ1) is 7.75. The van der Waals surface area contributed by atoms with Crippen molar-refractivity contribution in [2.45, 2.75) is 38.1 Å². The Bertz CT molecular complexity index is 346. The molecule has 1 aliphatic carbocycles. The summed E-state index contributed by atoms with van der Waals surface area (Å²) < 4.78 is 25.9. The number of rotatable bonds is 4. The minimum absolute atomic E-state index is 0.437. The van der Waals surface area contributed by atoms with Gasteiger partial charge < -0.3 is 5.32 Å². The molecule has 0 heterocycles. The maximum atomic E-state index is 13.3. The van der Waals surface area contributed by atoms with Crippen molar-refractivity contribution in [3.63, 3.8) is 0 Å². The first-order valence-electron chi connectivity index (χ1n) is 5.93. The van der Waals surface area contributed by atoms with Crippen LogP contribution in [0.1, 0.15) is 31.2 Å². The summed E-state index contributed by atoms with van der Waals surface area (Å²) in [5, 5.41) is 3.41. The highest BCUT2D eigenvalue weighted by Gasteiger charge is 2.13. The molecule has 0 amide bonds. The first-order valence-corrected chi connectivity index (χ1v) is 5.93. The Morgan fingerprint density at radius 2 is 1.94 bits per heavy atom. The fourth-order valence-electron chi connectivity index (χ4n) is 2.27. The fraction of sp³-hybridized carbons (Fsp3) is 0.538. The van der Waals surface area contributed by atoms with E-state index < -0.39 is 11.6 Å². The second-order valence-electron chi connectivity index (χ2n) is 4.42. The zero-order chi connectivity index (χ0) is 11.4. The van der Waals surface area contributed by atoms with E-state index in [1.165, 1.54) is 37.8 Å². The van der Waals surface area contributed by atoms with Crippen LogP contribution in [0, 0.1) is 11.6 Å². The Hall–Kier alpha value is -0.960. The van der Waals surface area contributed by atoms with Gasteiger partial charge in [0.15, 0.2) is 0 Å². The Kier molecular flexibility index (Phi) is 3.88. The van der Waals surface area contributed by atoms with Gasteiger partial charge >= 0.3 is 0 Å². The van der Waals surface area contributed by atoms with Gasteiger partial charge in [-0.15, -0.1) is 0 Å². The van der Waals surface area contributed by atoms with Crippen molar-refractivity contribution in [1.29, 1.82) is 0 Å². The highest BCUT2D eigenvalue weighted by atomic mass is 19.1. The maximum Gasteiger partial charge on any atom is 0.129 e. The van der Waals surface area contributed by atoms with E-state index in [1.807, 2.05) is 0 Å². The highest BCUT2D eigenvalue weighted by molar-refractivity contribution is 5.18. The molecule has 88 valence electrons. The largest absolute Gasteiger partial charge is 0.314 e. The van der Waals surface area contributed by atoms with Crippen molar-refractivity contribution in [1.82, 2.24) is 5.32 Å². The molecule has 16 heavy (non-hydrogen) atoms. The molecule has 1 aromatic carbocycles. The first kappa shape index (κ1) is 11.5. The van der Waals surface area contributed by atoms with E-state index in [4.69, 9.17) is 0 Å². The number of benzene rings is 1. The molecule has 1 saturated carbocycles. The van der Waals surface area contributed by atoms with Gasteiger partial charge in [-0.1, -0.05) is 18.9 Å². The molecule has 0 bridgehead atoms. The van der Waals surface area contributed by atoms with Gasteiger partial charge in [-0.25, -0.2) is 8.78 Å². The standard InChI is InChI=1S/C13H17F2N/c14-11-6-5-10(13(15)9-11)7-8-16-12-3-1-2-4-12/h5-6,9,12,16H,1-4,7-8H2. The van der Waals surface area contributed by atoms with Crippen molar-refractivity contribution in [3.8, 4) is 0 Å². The number of hydrogen-bond acceptors (Lipinski definition) is 1. The molecule has 2 rings (SSSR count). The topological polar surface area (TPSA) is 12.0 Å². The van der Waals surface area contributed by atoms with Crippen LogP contribution < -0.4 is 5.32 Å². The third-order valence-corrected chi connectivity index (χ3v) is 3.20. The van der Waals surface area contributed by atoms with Gasteiger partial charge in [-0.3, -0.25) is 0 Å². The lowest BCUT2D eigenvalue weighted by atomic mass is 10.1. The molecule has 3 heteroatoms. The van der Waals surface area contributed by atoms with Gasteiger partial charge in [0.25, 0.3) is 0 Å². The lowest BCUT2D eigenvalue weighted by molar-refractivity contribution is 0.518. The Balaban J connectivity index is 1.80. The monoisotopic (exact) mass is 225 g/mol. The van der Waals surface area contributed by atoms with Gasteiger partial charge in [0.1, 0.15) is 11.6 Å². The second-order valence-corrected chi connectivity index (χ2v) is 4.42. The second kappa shape index (κ2) is 5.39. The summed E-state index contributed by atoms with van der Waals surface area (Å²) in [6.45, 7) is 0.771. The minimum Gasteiger partial charge on any atom is -0.314 e. The molecule has 1 nitrogen and oxygen atoms in total. The van der Waals surface area contributed by atoms with Gasteiger partial charge in [0.2, 0.25) is 0 Å². The van der Waals surface area contributed by atoms with Crippen LogP contribution in [0.3, 0.4) is 0 Å². The maximum absolute atomic E-state index is 13.3. The smallest absolute Gasteiger partial charge is 0.129 e. The van der Waals surface area contributed by atoms with Crippen LogP contribution in [0.4, 0.5) is 8.78 Å². The molecule has 0 atom stereocenters. The molecule has 0 radical (unpaired) electrons. The van der Waals surface area contributed by atoms with E-state index in [0.29, 0.717) is 18.0 Å². The summed E-state index contributed by atoms with van der Waals surface area (Å²) in [6.07, 6.45) is 5.67. The molecule has 1 N–H and O–H groups in total. The quantitative estimate of drug-likeness (QED) is 0.830. The van der Waals surface area contributed by atoms with Gasteiger partial charge in [0.05, 0.1) is 0 Å². The summed E-state index contributed by atoms with van der Waals surface area (Å²) in [6, 6.07) is 4.39. The summed E-state index contributed by atoms with van der Waals surface area (Å²) in [4.78, 5) is 0. The average molecular weight is 225 g/mol. The molecule has 1 aromatic rings. The fourth-order valence-corrected chi connectivity index (χ4v) is 2.27. The zero-order valence-corrected chi connectivity index (χ0v) is 9.31. The molecule has 1 fully saturated rings. The lowest BCUT2D eigenvalue weighted by Crippen LogP contribution is -2.28. The van der Waals surface area contributed by atoms with E-state index in [-0.39, 0.29) is 0 Å². The molecule has 0 spiro atoms. The molecular formula is C13H17F2N. The van der Waals surface area contributed by atoms with Crippen LogP contribution in [-0.2, 0) is 6.42 Å². The lowest BCUT2D eigenvalue weighted by Gasteiger charge is -2.11. The van der Waals surface area contributed by atoms with E-state index in [2.05, 4.69) is 5.32 Å². The van der Waals surface area contributed by atoms with E-state index in [0.717, 1.165) is 12.6 Å². The summed E-state index contributed by atoms with van der Waals surface area (Å²) in [5.41, 5.74) is 0.590. The van der Waals surface area contributed by atoms with Crippen LogP contribution in [0.2, 0.25) is 0 Å². The van der Waals surface area contributed by atoms with Crippen molar-refractivity contribution < 1.29 is 8.78 Å². The predicted octanol–water partition coefficient (Wildman–Crippen LogP) is 3.04. The predicted molar refractivity (Wildman–Crippen MR) is 60.3 cm³/mol. The van der Waals surface area contributed by atoms with Crippen LogP contribution in [0.15, 0.2) is 18.2 Å². The van der Waals surface area contributed by atoms with E-state index in [9.17, 15) is 8.78 Å². The van der Waals surface area contributed by atoms with Crippen LogP contribution in [0.25, 0.3) is 0 Å². The molecular weight excluding hydrogens is 208 g/mol. The molecule has 1 aliphatic rings. The van der Waals surface area contributed by atoms with Crippen LogP contribution >= 0.6 is 0 Å². The Labute approximate surface area is 94.9 Å². The van der Waals surface area contributed by atoms with Crippen molar-refractivity contribution in [3.05, 3.63) is 35.4 Å². The summed E-state index contributed by atoms with van der Waals surface area (Å²) in [5.74, 6) is -0.946. The molecule has 0 saturated heterocycles. The van der Waals surface area contributed by atoms with E-state index >= 15 is 0 Å². The minimum atomic E-state index is -0.509. The van der Waals surface area contributed by atoms with E-state index in [1.54, 1.807) is 0 Å². The van der Waals surface area contributed by atoms with Crippen molar-refractivity contribution >= 4 is 0 Å². The third kappa shape index (κ3) is 3.01. The molecule has 0 unspecified atom stereocenters. The highest BCUT2D eigenvalue weighted by Crippen LogP contribution is 2.17. The Morgan fingerprint density at radius 1 is 1.19 bits per heavy atom. The normalized spacial score (nSPS) is 16.9. The van der Waals surface area contributed by atoms with Crippen molar-refractivity contribution in [2.75, 3.05) is 6.54 Å².